The van der Waals surface area contributed by atoms with Crippen molar-refractivity contribution in [2.75, 3.05) is 37.3 Å². The molecule has 0 radical (unpaired) electrons. The zero-order chi connectivity index (χ0) is 18.9. The van der Waals surface area contributed by atoms with E-state index in [9.17, 15) is 21.2 Å². The molecule has 6 nitrogen and oxygen atoms in total. The van der Waals surface area contributed by atoms with Crippen LogP contribution in [0.3, 0.4) is 0 Å². The van der Waals surface area contributed by atoms with Crippen molar-refractivity contribution in [3.63, 3.8) is 0 Å². The highest BCUT2D eigenvalue weighted by molar-refractivity contribution is 7.91. The first-order valence-corrected chi connectivity index (χ1v) is 11.3. The largest absolute Gasteiger partial charge is 0.367 e. The predicted octanol–water partition coefficient (Wildman–Crippen LogP) is 1.74. The van der Waals surface area contributed by atoms with E-state index >= 15 is 0 Å². The Balaban J connectivity index is 1.80. The molecule has 0 amide bonds. The van der Waals surface area contributed by atoms with Gasteiger partial charge in [0.25, 0.3) is 0 Å². The lowest BCUT2D eigenvalue weighted by molar-refractivity contribution is 0.383. The average molecular weight is 398 g/mol. The van der Waals surface area contributed by atoms with E-state index in [2.05, 4.69) is 0 Å². The summed E-state index contributed by atoms with van der Waals surface area (Å²) in [5.74, 6) is -0.343. The molecule has 2 aromatic carbocycles. The van der Waals surface area contributed by atoms with E-state index in [-0.39, 0.29) is 28.7 Å². The quantitative estimate of drug-likeness (QED) is 0.784. The second kappa shape index (κ2) is 6.98. The molecule has 3 rings (SSSR count). The first kappa shape index (κ1) is 18.8. The number of nitrogens with zero attached hydrogens (tertiary/aromatic N) is 2. The number of sulfone groups is 1. The molecular formula is C17H19FN2O4S2. The second-order valence-corrected chi connectivity index (χ2v) is 10.0. The van der Waals surface area contributed by atoms with Crippen LogP contribution in [0.4, 0.5) is 10.1 Å². The van der Waals surface area contributed by atoms with E-state index in [4.69, 9.17) is 0 Å². The van der Waals surface area contributed by atoms with Gasteiger partial charge in [-0.15, -0.1) is 0 Å². The van der Waals surface area contributed by atoms with Gasteiger partial charge < -0.3 is 4.90 Å². The molecule has 1 aliphatic rings. The molecule has 0 aromatic heterocycles. The fourth-order valence-corrected chi connectivity index (χ4v) is 5.10. The Labute approximate surface area is 152 Å². The molecule has 0 saturated carbocycles. The van der Waals surface area contributed by atoms with Crippen LogP contribution in [-0.4, -0.2) is 53.6 Å². The minimum absolute atomic E-state index is 0.0384. The maximum Gasteiger partial charge on any atom is 0.243 e. The maximum atomic E-state index is 13.9. The van der Waals surface area contributed by atoms with Gasteiger partial charge in [-0.3, -0.25) is 0 Å². The van der Waals surface area contributed by atoms with Gasteiger partial charge in [0.15, 0.2) is 9.84 Å². The van der Waals surface area contributed by atoms with Crippen molar-refractivity contribution < 1.29 is 21.2 Å². The Kier molecular flexibility index (Phi) is 5.05. The third kappa shape index (κ3) is 3.74. The lowest BCUT2D eigenvalue weighted by Crippen LogP contribution is -2.48. The first-order valence-electron chi connectivity index (χ1n) is 7.99. The van der Waals surface area contributed by atoms with E-state index in [1.807, 2.05) is 0 Å². The SMILES string of the molecule is CS(=O)(=O)c1cccc(S(=O)(=O)N2CCN(c3ccccc3F)CC2)c1. The molecule has 0 N–H and O–H groups in total. The third-order valence-electron chi connectivity index (χ3n) is 4.30. The molecule has 1 saturated heterocycles. The molecule has 1 heterocycles. The summed E-state index contributed by atoms with van der Waals surface area (Å²) < 4.78 is 64.2. The van der Waals surface area contributed by atoms with Gasteiger partial charge >= 0.3 is 0 Å². The maximum absolute atomic E-state index is 13.9. The summed E-state index contributed by atoms with van der Waals surface area (Å²) in [6, 6.07) is 11.7. The van der Waals surface area contributed by atoms with E-state index < -0.39 is 19.9 Å². The minimum atomic E-state index is -3.81. The van der Waals surface area contributed by atoms with Crippen molar-refractivity contribution in [1.82, 2.24) is 4.31 Å². The van der Waals surface area contributed by atoms with Crippen LogP contribution in [0.25, 0.3) is 0 Å². The van der Waals surface area contributed by atoms with Crippen LogP contribution in [0.15, 0.2) is 58.3 Å². The van der Waals surface area contributed by atoms with Gasteiger partial charge in [-0.2, -0.15) is 4.31 Å². The summed E-state index contributed by atoms with van der Waals surface area (Å²) in [6.45, 7) is 1.09. The smallest absolute Gasteiger partial charge is 0.243 e. The Morgan fingerprint density at radius 3 is 2.08 bits per heavy atom. The highest BCUT2D eigenvalue weighted by atomic mass is 32.2. The number of hydrogen-bond acceptors (Lipinski definition) is 5. The Hall–Kier alpha value is -1.97. The lowest BCUT2D eigenvalue weighted by atomic mass is 10.2. The lowest BCUT2D eigenvalue weighted by Gasteiger charge is -2.35. The Bertz CT molecular complexity index is 1010. The molecule has 0 atom stereocenters. The monoisotopic (exact) mass is 398 g/mol. The molecule has 0 spiro atoms. The topological polar surface area (TPSA) is 74.8 Å². The van der Waals surface area contributed by atoms with Gasteiger partial charge in [-0.25, -0.2) is 21.2 Å². The average Bonchev–Trinajstić information content (AvgIpc) is 2.62. The molecule has 140 valence electrons. The number of halogens is 1. The number of sulfonamides is 1. The zero-order valence-electron chi connectivity index (χ0n) is 14.2. The number of rotatable bonds is 4. The molecule has 26 heavy (non-hydrogen) atoms. The van der Waals surface area contributed by atoms with Crippen LogP contribution in [0.1, 0.15) is 0 Å². The van der Waals surface area contributed by atoms with Crippen LogP contribution >= 0.6 is 0 Å². The Morgan fingerprint density at radius 1 is 0.846 bits per heavy atom. The van der Waals surface area contributed by atoms with Gasteiger partial charge in [0.05, 0.1) is 15.5 Å². The van der Waals surface area contributed by atoms with Gasteiger partial charge in [0.2, 0.25) is 10.0 Å². The minimum Gasteiger partial charge on any atom is -0.367 e. The highest BCUT2D eigenvalue weighted by Gasteiger charge is 2.29. The van der Waals surface area contributed by atoms with Gasteiger partial charge in [-0.05, 0) is 30.3 Å². The Morgan fingerprint density at radius 2 is 1.46 bits per heavy atom. The second-order valence-electron chi connectivity index (χ2n) is 6.09. The predicted molar refractivity (Wildman–Crippen MR) is 96.9 cm³/mol. The van der Waals surface area contributed by atoms with Crippen molar-refractivity contribution in [2.45, 2.75) is 9.79 Å². The molecule has 2 aromatic rings. The van der Waals surface area contributed by atoms with Crippen molar-refractivity contribution in [3.8, 4) is 0 Å². The van der Waals surface area contributed by atoms with Crippen molar-refractivity contribution >= 4 is 25.5 Å². The standard InChI is InChI=1S/C17H19FN2O4S2/c1-25(21,22)14-5-4-6-15(13-14)26(23,24)20-11-9-19(10-12-20)17-8-3-2-7-16(17)18/h2-8,13H,9-12H2,1H3. The summed E-state index contributed by atoms with van der Waals surface area (Å²) in [5, 5.41) is 0. The van der Waals surface area contributed by atoms with Crippen molar-refractivity contribution in [3.05, 3.63) is 54.3 Å². The zero-order valence-corrected chi connectivity index (χ0v) is 15.8. The van der Waals surface area contributed by atoms with Crippen LogP contribution < -0.4 is 4.90 Å². The molecule has 1 fully saturated rings. The van der Waals surface area contributed by atoms with Gasteiger partial charge in [0, 0.05) is 32.4 Å². The summed E-state index contributed by atoms with van der Waals surface area (Å²) in [7, 11) is -7.31. The fraction of sp³-hybridized carbons (Fsp3) is 0.294. The number of anilines is 1. The van der Waals surface area contributed by atoms with Crippen LogP contribution in [0.2, 0.25) is 0 Å². The fourth-order valence-electron chi connectivity index (χ4n) is 2.89. The van der Waals surface area contributed by atoms with Crippen LogP contribution in [0, 0.1) is 5.82 Å². The van der Waals surface area contributed by atoms with Crippen LogP contribution in [0.5, 0.6) is 0 Å². The van der Waals surface area contributed by atoms with Crippen LogP contribution in [-0.2, 0) is 19.9 Å². The number of piperazine rings is 1. The molecule has 0 unspecified atom stereocenters. The summed E-state index contributed by atoms with van der Waals surface area (Å²) in [5.41, 5.74) is 0.448. The normalized spacial score (nSPS) is 16.6. The molecular weight excluding hydrogens is 379 g/mol. The van der Waals surface area contributed by atoms with Crippen molar-refractivity contribution in [2.24, 2.45) is 0 Å². The number of para-hydroxylation sites is 1. The van der Waals surface area contributed by atoms with E-state index in [1.165, 1.54) is 34.6 Å². The first-order chi connectivity index (χ1) is 12.2. The summed E-state index contributed by atoms with van der Waals surface area (Å²) in [4.78, 5) is 1.71. The number of benzene rings is 2. The van der Waals surface area contributed by atoms with Gasteiger partial charge in [-0.1, -0.05) is 18.2 Å². The van der Waals surface area contributed by atoms with Crippen molar-refractivity contribution in [1.29, 1.82) is 0 Å². The summed E-state index contributed by atoms with van der Waals surface area (Å²) >= 11 is 0. The molecule has 0 bridgehead atoms. The number of hydrogen-bond donors (Lipinski definition) is 0. The molecule has 9 heteroatoms. The van der Waals surface area contributed by atoms with E-state index in [0.717, 1.165) is 6.26 Å². The van der Waals surface area contributed by atoms with Gasteiger partial charge in [0.1, 0.15) is 5.82 Å². The highest BCUT2D eigenvalue weighted by Crippen LogP contribution is 2.24. The molecule has 0 aliphatic carbocycles. The summed E-state index contributed by atoms with van der Waals surface area (Å²) in [6.07, 6.45) is 1.03. The molecule has 1 aliphatic heterocycles. The third-order valence-corrected chi connectivity index (χ3v) is 7.31. The van der Waals surface area contributed by atoms with E-state index in [0.29, 0.717) is 18.8 Å². The van der Waals surface area contributed by atoms with E-state index in [1.54, 1.807) is 23.1 Å².